The quantitative estimate of drug-likeness (QED) is 0.674. The highest BCUT2D eigenvalue weighted by Gasteiger charge is 2.17. The van der Waals surface area contributed by atoms with Gasteiger partial charge < -0.3 is 10.6 Å². The van der Waals surface area contributed by atoms with Crippen LogP contribution in [0.3, 0.4) is 0 Å². The van der Waals surface area contributed by atoms with E-state index < -0.39 is 0 Å². The van der Waals surface area contributed by atoms with E-state index >= 15 is 0 Å². The number of aryl methyl sites for hydroxylation is 1. The van der Waals surface area contributed by atoms with Crippen LogP contribution in [0.1, 0.15) is 34.8 Å². The maximum Gasteiger partial charge on any atom is 0.346 e. The second-order valence-corrected chi connectivity index (χ2v) is 7.82. The van der Waals surface area contributed by atoms with Crippen molar-refractivity contribution in [2.75, 3.05) is 10.6 Å². The fraction of sp³-hybridized carbons (Fsp3) is 0.300. The zero-order valence-electron chi connectivity index (χ0n) is 15.8. The lowest BCUT2D eigenvalue weighted by Crippen LogP contribution is -2.30. The number of nitrogens with one attached hydrogen (secondary N) is 2. The number of anilines is 2. The van der Waals surface area contributed by atoms with Crippen LogP contribution in [0.5, 0.6) is 0 Å². The van der Waals surface area contributed by atoms with Crippen molar-refractivity contribution in [3.05, 3.63) is 63.0 Å². The van der Waals surface area contributed by atoms with Gasteiger partial charge in [-0.25, -0.2) is 9.48 Å². The second kappa shape index (κ2) is 8.44. The Morgan fingerprint density at radius 3 is 2.52 bits per heavy atom. The van der Waals surface area contributed by atoms with E-state index in [1.165, 1.54) is 16.0 Å². The summed E-state index contributed by atoms with van der Waals surface area (Å²) in [6.07, 6.45) is 3.83. The molecule has 4 rings (SSSR count). The maximum absolute atomic E-state index is 12.4. The SMILES string of the molecule is O=C(Cn1nc2n(c1=O)CCCCC2)Nc1ccc(NC(=O)c2cccs2)cc1. The monoisotopic (exact) mass is 411 g/mol. The summed E-state index contributed by atoms with van der Waals surface area (Å²) in [7, 11) is 0. The Hall–Kier alpha value is -3.20. The lowest BCUT2D eigenvalue weighted by atomic mass is 10.2. The normalized spacial score (nSPS) is 13.4. The lowest BCUT2D eigenvalue weighted by molar-refractivity contribution is -0.117. The zero-order chi connectivity index (χ0) is 20.2. The molecule has 8 nitrogen and oxygen atoms in total. The van der Waals surface area contributed by atoms with Crippen LogP contribution >= 0.6 is 11.3 Å². The Morgan fingerprint density at radius 2 is 1.79 bits per heavy atom. The van der Waals surface area contributed by atoms with Crippen LogP contribution in [0.25, 0.3) is 0 Å². The Morgan fingerprint density at radius 1 is 1.03 bits per heavy atom. The van der Waals surface area contributed by atoms with E-state index in [2.05, 4.69) is 15.7 Å². The topological polar surface area (TPSA) is 98.0 Å². The molecule has 29 heavy (non-hydrogen) atoms. The third kappa shape index (κ3) is 4.45. The van der Waals surface area contributed by atoms with E-state index in [-0.39, 0.29) is 24.0 Å². The van der Waals surface area contributed by atoms with Gasteiger partial charge in [0.15, 0.2) is 0 Å². The minimum atomic E-state index is -0.323. The van der Waals surface area contributed by atoms with E-state index in [1.807, 2.05) is 11.4 Å². The van der Waals surface area contributed by atoms with Crippen LogP contribution in [-0.2, 0) is 24.3 Å². The molecule has 1 aliphatic rings. The largest absolute Gasteiger partial charge is 0.346 e. The maximum atomic E-state index is 12.4. The van der Waals surface area contributed by atoms with Crippen molar-refractivity contribution in [2.24, 2.45) is 0 Å². The van der Waals surface area contributed by atoms with E-state index in [0.29, 0.717) is 22.8 Å². The fourth-order valence-corrected chi connectivity index (χ4v) is 3.92. The van der Waals surface area contributed by atoms with Gasteiger partial charge >= 0.3 is 5.69 Å². The minimum Gasteiger partial charge on any atom is -0.324 e. The highest BCUT2D eigenvalue weighted by molar-refractivity contribution is 7.12. The Balaban J connectivity index is 1.36. The molecule has 0 atom stereocenters. The first-order chi connectivity index (χ1) is 14.1. The number of rotatable bonds is 5. The van der Waals surface area contributed by atoms with Crippen molar-refractivity contribution in [2.45, 2.75) is 38.8 Å². The van der Waals surface area contributed by atoms with E-state index in [1.54, 1.807) is 34.9 Å². The summed E-state index contributed by atoms with van der Waals surface area (Å²) in [5.74, 6) is 0.262. The molecule has 3 aromatic rings. The highest BCUT2D eigenvalue weighted by Crippen LogP contribution is 2.16. The lowest BCUT2D eigenvalue weighted by Gasteiger charge is -2.07. The van der Waals surface area contributed by atoms with Crippen LogP contribution in [0.4, 0.5) is 11.4 Å². The molecular formula is C20H21N5O3S. The highest BCUT2D eigenvalue weighted by atomic mass is 32.1. The van der Waals surface area contributed by atoms with Gasteiger partial charge in [0.2, 0.25) is 5.91 Å². The second-order valence-electron chi connectivity index (χ2n) is 6.88. The number of hydrogen-bond acceptors (Lipinski definition) is 5. The number of carbonyl (C=O) groups excluding carboxylic acids is 2. The number of carbonyl (C=O) groups is 2. The molecule has 0 radical (unpaired) electrons. The number of amides is 2. The first-order valence-electron chi connectivity index (χ1n) is 9.51. The molecular weight excluding hydrogens is 390 g/mol. The summed E-state index contributed by atoms with van der Waals surface area (Å²) < 4.78 is 2.90. The number of benzene rings is 1. The molecule has 0 unspecified atom stereocenters. The molecule has 9 heteroatoms. The Bertz CT molecular complexity index is 1070. The first-order valence-corrected chi connectivity index (χ1v) is 10.4. The van der Waals surface area contributed by atoms with Gasteiger partial charge in [0.05, 0.1) is 4.88 Å². The number of thiophene rings is 1. The van der Waals surface area contributed by atoms with Gasteiger partial charge in [-0.05, 0) is 48.6 Å². The Kier molecular flexibility index (Phi) is 5.57. The number of fused-ring (bicyclic) bond motifs is 1. The molecule has 150 valence electrons. The summed E-state index contributed by atoms with van der Waals surface area (Å²) >= 11 is 1.37. The van der Waals surface area contributed by atoms with Gasteiger partial charge in [0.25, 0.3) is 5.91 Å². The molecule has 2 amide bonds. The van der Waals surface area contributed by atoms with Crippen LogP contribution in [0.2, 0.25) is 0 Å². The smallest absolute Gasteiger partial charge is 0.324 e. The van der Waals surface area contributed by atoms with Gasteiger partial charge in [0.1, 0.15) is 12.4 Å². The van der Waals surface area contributed by atoms with E-state index in [9.17, 15) is 14.4 Å². The predicted molar refractivity (Wildman–Crippen MR) is 111 cm³/mol. The van der Waals surface area contributed by atoms with Crippen LogP contribution in [0.15, 0.2) is 46.6 Å². The molecule has 3 heterocycles. The van der Waals surface area contributed by atoms with Crippen molar-refractivity contribution < 1.29 is 9.59 Å². The fourth-order valence-electron chi connectivity index (χ4n) is 3.30. The molecule has 2 aromatic heterocycles. The molecule has 0 saturated heterocycles. The average molecular weight is 411 g/mol. The standard InChI is InChI=1S/C20H21N5O3S/c26-18(13-25-20(28)24-11-3-1-2-6-17(24)23-25)21-14-7-9-15(10-8-14)22-19(27)16-5-4-12-29-16/h4-5,7-10,12H,1-3,6,11,13H2,(H,21,26)(H,22,27). The number of nitrogens with zero attached hydrogens (tertiary/aromatic N) is 3. The van der Waals surface area contributed by atoms with Crippen molar-refractivity contribution in [1.29, 1.82) is 0 Å². The first kappa shape index (κ1) is 19.1. The molecule has 0 saturated carbocycles. The van der Waals surface area contributed by atoms with Crippen LogP contribution < -0.4 is 16.3 Å². The summed E-state index contributed by atoms with van der Waals surface area (Å²) in [5.41, 5.74) is 0.983. The van der Waals surface area contributed by atoms with Gasteiger partial charge in [-0.15, -0.1) is 11.3 Å². The van der Waals surface area contributed by atoms with Crippen molar-refractivity contribution in [1.82, 2.24) is 14.3 Å². The molecule has 0 bridgehead atoms. The third-order valence-corrected chi connectivity index (χ3v) is 5.62. The summed E-state index contributed by atoms with van der Waals surface area (Å²) in [4.78, 5) is 37.5. The average Bonchev–Trinajstić information content (AvgIpc) is 3.27. The molecule has 2 N–H and O–H groups in total. The number of aromatic nitrogens is 3. The molecule has 0 aliphatic carbocycles. The summed E-state index contributed by atoms with van der Waals surface area (Å²) in [5, 5.41) is 11.7. The zero-order valence-corrected chi connectivity index (χ0v) is 16.6. The molecule has 0 fully saturated rings. The minimum absolute atomic E-state index is 0.129. The van der Waals surface area contributed by atoms with Gasteiger partial charge in [-0.2, -0.15) is 5.10 Å². The summed E-state index contributed by atoms with van der Waals surface area (Å²) in [6.45, 7) is 0.532. The van der Waals surface area contributed by atoms with Crippen LogP contribution in [0, 0.1) is 0 Å². The third-order valence-electron chi connectivity index (χ3n) is 4.75. The molecule has 0 spiro atoms. The molecule has 1 aromatic carbocycles. The van der Waals surface area contributed by atoms with E-state index in [4.69, 9.17) is 0 Å². The van der Waals surface area contributed by atoms with Gasteiger partial charge in [-0.1, -0.05) is 12.5 Å². The van der Waals surface area contributed by atoms with Crippen LogP contribution in [-0.4, -0.2) is 26.2 Å². The van der Waals surface area contributed by atoms with Gasteiger partial charge in [-0.3, -0.25) is 14.2 Å². The molecule has 1 aliphatic heterocycles. The predicted octanol–water partition coefficient (Wildman–Crippen LogP) is 2.72. The van der Waals surface area contributed by atoms with Crippen molar-refractivity contribution >= 4 is 34.5 Å². The Labute approximate surface area is 171 Å². The number of hydrogen-bond donors (Lipinski definition) is 2. The summed E-state index contributed by atoms with van der Waals surface area (Å²) in [6, 6.07) is 10.4. The van der Waals surface area contributed by atoms with Crippen molar-refractivity contribution in [3.8, 4) is 0 Å². The van der Waals surface area contributed by atoms with Gasteiger partial charge in [0, 0.05) is 24.3 Å². The van der Waals surface area contributed by atoms with E-state index in [0.717, 1.165) is 31.5 Å². The van der Waals surface area contributed by atoms with Crippen molar-refractivity contribution in [3.63, 3.8) is 0 Å².